The number of hydrogen-bond donors (Lipinski definition) is 1. The number of nitrogens with one attached hydrogen (secondary N) is 1. The highest BCUT2D eigenvalue weighted by molar-refractivity contribution is 7.99. The van der Waals surface area contributed by atoms with E-state index in [9.17, 15) is 9.59 Å². The third kappa shape index (κ3) is 5.91. The SMILES string of the molecule is C=CCn1c(SCC(=O)Nc2c(C)n(C)n(-c3ccccc3)c2=O)nnc1-c1ccc(OCC(C)C)cc1. The molecule has 10 heteroatoms. The van der Waals surface area contributed by atoms with Gasteiger partial charge >= 0.3 is 0 Å². The zero-order chi connectivity index (χ0) is 27.2. The molecule has 4 rings (SSSR count). The van der Waals surface area contributed by atoms with E-state index in [1.165, 1.54) is 16.4 Å². The van der Waals surface area contributed by atoms with E-state index >= 15 is 0 Å². The number of carbonyl (C=O) groups excluding carboxylic acids is 1. The molecule has 0 spiro atoms. The summed E-state index contributed by atoms with van der Waals surface area (Å²) < 4.78 is 10.9. The van der Waals surface area contributed by atoms with E-state index in [4.69, 9.17) is 4.74 Å². The molecule has 0 unspecified atom stereocenters. The van der Waals surface area contributed by atoms with Crippen LogP contribution in [-0.4, -0.2) is 42.4 Å². The Balaban J connectivity index is 1.47. The minimum atomic E-state index is -0.303. The van der Waals surface area contributed by atoms with Crippen LogP contribution >= 0.6 is 11.8 Å². The molecule has 38 heavy (non-hydrogen) atoms. The summed E-state index contributed by atoms with van der Waals surface area (Å²) >= 11 is 1.25. The highest BCUT2D eigenvalue weighted by atomic mass is 32.2. The number of anilines is 1. The zero-order valence-corrected chi connectivity index (χ0v) is 22.9. The second kappa shape index (κ2) is 12.0. The Morgan fingerprint density at radius 1 is 1.13 bits per heavy atom. The van der Waals surface area contributed by atoms with Gasteiger partial charge in [0, 0.05) is 19.2 Å². The summed E-state index contributed by atoms with van der Waals surface area (Å²) in [6.07, 6.45) is 1.76. The molecule has 0 bridgehead atoms. The molecule has 0 saturated heterocycles. The van der Waals surface area contributed by atoms with Crippen LogP contribution in [0.5, 0.6) is 5.75 Å². The van der Waals surface area contributed by atoms with Crippen LogP contribution in [0.2, 0.25) is 0 Å². The maximum atomic E-state index is 13.1. The first-order valence-electron chi connectivity index (χ1n) is 12.3. The van der Waals surface area contributed by atoms with Crippen LogP contribution in [0, 0.1) is 12.8 Å². The Morgan fingerprint density at radius 3 is 2.50 bits per heavy atom. The molecule has 0 atom stereocenters. The molecule has 1 N–H and O–H groups in total. The lowest BCUT2D eigenvalue weighted by molar-refractivity contribution is -0.113. The first-order valence-corrected chi connectivity index (χ1v) is 13.3. The molecule has 0 aliphatic rings. The number of rotatable bonds is 11. The number of carbonyl (C=O) groups is 1. The van der Waals surface area contributed by atoms with Gasteiger partial charge in [0.05, 0.1) is 23.7 Å². The van der Waals surface area contributed by atoms with Crippen molar-refractivity contribution < 1.29 is 9.53 Å². The minimum absolute atomic E-state index is 0.0658. The fourth-order valence-electron chi connectivity index (χ4n) is 3.88. The van der Waals surface area contributed by atoms with Gasteiger partial charge in [0.2, 0.25) is 5.91 Å². The maximum Gasteiger partial charge on any atom is 0.295 e. The zero-order valence-electron chi connectivity index (χ0n) is 22.0. The van der Waals surface area contributed by atoms with Gasteiger partial charge in [0.25, 0.3) is 5.56 Å². The first kappa shape index (κ1) is 27.0. The summed E-state index contributed by atoms with van der Waals surface area (Å²) in [4.78, 5) is 26.0. The molecule has 4 aromatic rings. The van der Waals surface area contributed by atoms with E-state index in [0.717, 1.165) is 17.0 Å². The highest BCUT2D eigenvalue weighted by Gasteiger charge is 2.20. The predicted octanol–water partition coefficient (Wildman–Crippen LogP) is 4.69. The van der Waals surface area contributed by atoms with Gasteiger partial charge in [-0.25, -0.2) is 4.68 Å². The molecular weight excluding hydrogens is 500 g/mol. The van der Waals surface area contributed by atoms with E-state index in [0.29, 0.717) is 35.7 Å². The van der Waals surface area contributed by atoms with Crippen molar-refractivity contribution in [3.05, 3.63) is 83.3 Å². The highest BCUT2D eigenvalue weighted by Crippen LogP contribution is 2.26. The molecule has 0 fully saturated rings. The second-order valence-corrected chi connectivity index (χ2v) is 10.2. The third-order valence-electron chi connectivity index (χ3n) is 5.88. The molecule has 1 amide bonds. The standard InChI is InChI=1S/C28H32N6O3S/c1-6-16-33-26(21-12-14-23(15-13-21)37-17-19(2)3)30-31-28(33)38-18-24(35)29-25-20(4)32(5)34(27(25)36)22-10-8-7-9-11-22/h6-15,19H,1,16-18H2,2-5H3,(H,29,35). The minimum Gasteiger partial charge on any atom is -0.493 e. The van der Waals surface area contributed by atoms with Gasteiger partial charge in [0.1, 0.15) is 11.4 Å². The fourth-order valence-corrected chi connectivity index (χ4v) is 4.63. The van der Waals surface area contributed by atoms with Crippen LogP contribution in [0.25, 0.3) is 17.1 Å². The van der Waals surface area contributed by atoms with Crippen molar-refractivity contribution in [1.29, 1.82) is 0 Å². The normalized spacial score (nSPS) is 11.1. The molecule has 2 aromatic heterocycles. The summed E-state index contributed by atoms with van der Waals surface area (Å²) in [5.41, 5.74) is 2.24. The Morgan fingerprint density at radius 2 is 1.84 bits per heavy atom. The number of ether oxygens (including phenoxy) is 1. The lowest BCUT2D eigenvalue weighted by Gasteiger charge is -2.10. The summed E-state index contributed by atoms with van der Waals surface area (Å²) in [6.45, 7) is 11.0. The Hall–Kier alpha value is -4.05. The molecule has 198 valence electrons. The van der Waals surface area contributed by atoms with Crippen molar-refractivity contribution in [1.82, 2.24) is 24.1 Å². The van der Waals surface area contributed by atoms with Crippen LogP contribution in [0.4, 0.5) is 5.69 Å². The number of aromatic nitrogens is 5. The van der Waals surface area contributed by atoms with Crippen molar-refractivity contribution in [2.75, 3.05) is 17.7 Å². The van der Waals surface area contributed by atoms with Crippen LogP contribution in [0.15, 0.2) is 77.2 Å². The monoisotopic (exact) mass is 532 g/mol. The van der Waals surface area contributed by atoms with Crippen molar-refractivity contribution >= 4 is 23.4 Å². The lowest BCUT2D eigenvalue weighted by Crippen LogP contribution is -2.23. The van der Waals surface area contributed by atoms with Crippen LogP contribution in [0.3, 0.4) is 0 Å². The number of nitrogens with zero attached hydrogens (tertiary/aromatic N) is 5. The van der Waals surface area contributed by atoms with Crippen molar-refractivity contribution in [3.63, 3.8) is 0 Å². The van der Waals surface area contributed by atoms with Gasteiger partial charge in [-0.05, 0) is 49.2 Å². The largest absolute Gasteiger partial charge is 0.493 e. The van der Waals surface area contributed by atoms with E-state index in [2.05, 4.69) is 35.9 Å². The second-order valence-electron chi connectivity index (χ2n) is 9.21. The van der Waals surface area contributed by atoms with Crippen molar-refractivity contribution in [2.45, 2.75) is 32.5 Å². The topological polar surface area (TPSA) is 96.0 Å². The van der Waals surface area contributed by atoms with Crippen LogP contribution in [-0.2, 0) is 18.4 Å². The van der Waals surface area contributed by atoms with E-state index in [1.54, 1.807) is 24.7 Å². The Labute approximate surface area is 226 Å². The first-order chi connectivity index (χ1) is 18.3. The van der Waals surface area contributed by atoms with Crippen LogP contribution in [0.1, 0.15) is 19.5 Å². The van der Waals surface area contributed by atoms with E-state index in [1.807, 2.05) is 59.2 Å². The molecule has 9 nitrogen and oxygen atoms in total. The van der Waals surface area contributed by atoms with Crippen LogP contribution < -0.4 is 15.6 Å². The molecular formula is C28H32N6O3S. The summed E-state index contributed by atoms with van der Waals surface area (Å²) in [7, 11) is 1.79. The lowest BCUT2D eigenvalue weighted by atomic mass is 10.2. The predicted molar refractivity (Wildman–Crippen MR) is 151 cm³/mol. The third-order valence-corrected chi connectivity index (χ3v) is 6.84. The van der Waals surface area contributed by atoms with Gasteiger partial charge in [-0.15, -0.1) is 16.8 Å². The smallest absolute Gasteiger partial charge is 0.295 e. The number of benzene rings is 2. The summed E-state index contributed by atoms with van der Waals surface area (Å²) in [6, 6.07) is 17.0. The van der Waals surface area contributed by atoms with E-state index in [-0.39, 0.29) is 22.9 Å². The quantitative estimate of drug-likeness (QED) is 0.222. The summed E-state index contributed by atoms with van der Waals surface area (Å²) in [5.74, 6) is 1.68. The van der Waals surface area contributed by atoms with Crippen molar-refractivity contribution in [2.24, 2.45) is 13.0 Å². The number of para-hydroxylation sites is 1. The molecule has 0 saturated carbocycles. The molecule has 0 aliphatic carbocycles. The van der Waals surface area contributed by atoms with Gasteiger partial charge in [-0.3, -0.25) is 18.8 Å². The maximum absolute atomic E-state index is 13.1. The molecule has 2 heterocycles. The molecule has 0 aliphatic heterocycles. The number of hydrogen-bond acceptors (Lipinski definition) is 6. The average Bonchev–Trinajstić information content (AvgIpc) is 3.40. The van der Waals surface area contributed by atoms with E-state index < -0.39 is 0 Å². The van der Waals surface area contributed by atoms with Gasteiger partial charge in [-0.2, -0.15) is 0 Å². The average molecular weight is 533 g/mol. The van der Waals surface area contributed by atoms with Gasteiger partial charge < -0.3 is 10.1 Å². The Kier molecular flexibility index (Phi) is 8.52. The Bertz CT molecular complexity index is 1470. The molecule has 0 radical (unpaired) electrons. The molecule has 2 aromatic carbocycles. The fraction of sp³-hybridized carbons (Fsp3) is 0.286. The van der Waals surface area contributed by atoms with Crippen molar-refractivity contribution in [3.8, 4) is 22.8 Å². The number of thioether (sulfide) groups is 1. The number of allylic oxidation sites excluding steroid dienone is 1. The van der Waals surface area contributed by atoms with Gasteiger partial charge in [-0.1, -0.05) is 49.9 Å². The summed E-state index contributed by atoms with van der Waals surface area (Å²) in [5, 5.41) is 12.0. The van der Waals surface area contributed by atoms with Gasteiger partial charge in [0.15, 0.2) is 11.0 Å². The number of amides is 1.